The van der Waals surface area contributed by atoms with Gasteiger partial charge in [0.05, 0.1) is 16.3 Å². The highest BCUT2D eigenvalue weighted by molar-refractivity contribution is 8.13. The van der Waals surface area contributed by atoms with Gasteiger partial charge in [-0.1, -0.05) is 30.0 Å². The van der Waals surface area contributed by atoms with Crippen molar-refractivity contribution >= 4 is 44.1 Å². The Hall–Kier alpha value is -2.54. The summed E-state index contributed by atoms with van der Waals surface area (Å²) in [4.78, 5) is 3.96. The van der Waals surface area contributed by atoms with E-state index in [4.69, 9.17) is 5.26 Å². The van der Waals surface area contributed by atoms with Crippen molar-refractivity contribution < 1.29 is 13.0 Å². The van der Waals surface area contributed by atoms with Crippen LogP contribution >= 0.6 is 11.8 Å². The number of hydrogen-bond donors (Lipinski definition) is 3. The molecule has 24 heavy (non-hydrogen) atoms. The smallest absolute Gasteiger partial charge is 0.294 e. The Bertz CT molecular complexity index is 891. The summed E-state index contributed by atoms with van der Waals surface area (Å²) < 4.78 is 31.9. The minimum Gasteiger partial charge on any atom is -0.354 e. The van der Waals surface area contributed by atoms with Crippen LogP contribution in [0.15, 0.2) is 58.4 Å². The Labute approximate surface area is 144 Å². The van der Waals surface area contributed by atoms with Gasteiger partial charge in [0.15, 0.2) is 11.4 Å². The summed E-state index contributed by atoms with van der Waals surface area (Å²) in [5.74, 6) is 0. The Morgan fingerprint density at radius 3 is 2.54 bits per heavy atom. The Kier molecular flexibility index (Phi) is 5.81. The van der Waals surface area contributed by atoms with Crippen molar-refractivity contribution in [3.63, 3.8) is 0 Å². The van der Waals surface area contributed by atoms with Crippen LogP contribution in [-0.4, -0.2) is 24.4 Å². The summed E-state index contributed by atoms with van der Waals surface area (Å²) >= 11 is 1.19. The van der Waals surface area contributed by atoms with Crippen LogP contribution in [0.3, 0.4) is 0 Å². The quantitative estimate of drug-likeness (QED) is 0.252. The lowest BCUT2D eigenvalue weighted by Crippen LogP contribution is -2.12. The van der Waals surface area contributed by atoms with Gasteiger partial charge in [0, 0.05) is 5.69 Å². The number of para-hydroxylation sites is 1. The summed E-state index contributed by atoms with van der Waals surface area (Å²) in [6, 6.07) is 13.3. The highest BCUT2D eigenvalue weighted by atomic mass is 32.2. The summed E-state index contributed by atoms with van der Waals surface area (Å²) in [6.07, 6.45) is 3.49. The van der Waals surface area contributed by atoms with Gasteiger partial charge in [-0.25, -0.2) is 4.99 Å². The Morgan fingerprint density at radius 1 is 1.25 bits per heavy atom. The average molecular weight is 362 g/mol. The highest BCUT2D eigenvalue weighted by Crippen LogP contribution is 2.31. The van der Waals surface area contributed by atoms with Gasteiger partial charge in [-0.05, 0) is 36.6 Å². The van der Waals surface area contributed by atoms with Crippen LogP contribution in [0.2, 0.25) is 0 Å². The molecule has 0 fully saturated rings. The predicted molar refractivity (Wildman–Crippen MR) is 95.3 cm³/mol. The molecule has 0 saturated heterocycles. The van der Waals surface area contributed by atoms with Crippen molar-refractivity contribution in [1.29, 1.82) is 5.26 Å². The number of nitriles is 1. The second-order valence-electron chi connectivity index (χ2n) is 4.50. The van der Waals surface area contributed by atoms with Crippen LogP contribution < -0.4 is 10.6 Å². The summed E-state index contributed by atoms with van der Waals surface area (Å²) in [7, 11) is -4.36. The minimum absolute atomic E-state index is 0.265. The largest absolute Gasteiger partial charge is 0.354 e. The first-order valence-corrected chi connectivity index (χ1v) is 9.32. The van der Waals surface area contributed by atoms with E-state index in [9.17, 15) is 13.0 Å². The fourth-order valence-corrected chi connectivity index (χ4v) is 2.67. The molecule has 0 aliphatic rings. The molecular weight excluding hydrogens is 348 g/mol. The van der Waals surface area contributed by atoms with Crippen molar-refractivity contribution in [3.05, 3.63) is 48.5 Å². The van der Waals surface area contributed by atoms with Crippen molar-refractivity contribution in [1.82, 2.24) is 5.32 Å². The molecule has 0 atom stereocenters. The molecule has 2 rings (SSSR count). The zero-order valence-electron chi connectivity index (χ0n) is 12.6. The molecule has 0 bridgehead atoms. The first-order chi connectivity index (χ1) is 11.4. The van der Waals surface area contributed by atoms with E-state index in [1.807, 2.05) is 30.3 Å². The summed E-state index contributed by atoms with van der Waals surface area (Å²) in [5, 5.41) is 14.5. The van der Waals surface area contributed by atoms with Crippen LogP contribution in [0, 0.1) is 11.5 Å². The van der Waals surface area contributed by atoms with Crippen molar-refractivity contribution in [3.8, 4) is 6.19 Å². The number of thioether (sulfide) groups is 1. The molecule has 7 nitrogen and oxygen atoms in total. The van der Waals surface area contributed by atoms with Gasteiger partial charge in [0.2, 0.25) is 0 Å². The molecule has 0 heterocycles. The molecule has 0 saturated carbocycles. The third-order valence-electron chi connectivity index (χ3n) is 2.90. The standard InChI is InChI=1S/C15H14N4O3S2/c1-23-15(17-10-16)19-14-9-12(24(20,21)22)7-8-13(14)18-11-5-3-2-4-6-11/h2-9,18H,1H3,(H,17,19)(H,20,21,22). The minimum atomic E-state index is -4.36. The second kappa shape index (κ2) is 7.83. The molecular formula is C15H14N4O3S2. The lowest BCUT2D eigenvalue weighted by molar-refractivity contribution is 0.483. The third kappa shape index (κ3) is 4.73. The number of anilines is 2. The topological polar surface area (TPSA) is 115 Å². The number of rotatable bonds is 4. The van der Waals surface area contributed by atoms with E-state index >= 15 is 0 Å². The zero-order valence-corrected chi connectivity index (χ0v) is 14.2. The van der Waals surface area contributed by atoms with Gasteiger partial charge < -0.3 is 5.32 Å². The van der Waals surface area contributed by atoms with Gasteiger partial charge in [0.25, 0.3) is 10.1 Å². The molecule has 2 aromatic rings. The molecule has 0 aliphatic carbocycles. The molecule has 3 N–H and O–H groups in total. The van der Waals surface area contributed by atoms with E-state index in [1.54, 1.807) is 12.4 Å². The van der Waals surface area contributed by atoms with Crippen molar-refractivity contribution in [2.24, 2.45) is 4.99 Å². The first-order valence-electron chi connectivity index (χ1n) is 6.65. The normalized spacial score (nSPS) is 11.6. The van der Waals surface area contributed by atoms with Gasteiger partial charge in [0.1, 0.15) is 0 Å². The monoisotopic (exact) mass is 362 g/mol. The van der Waals surface area contributed by atoms with E-state index < -0.39 is 10.1 Å². The number of aliphatic imine (C=N–C) groups is 1. The molecule has 0 amide bonds. The number of nitrogens with zero attached hydrogens (tertiary/aromatic N) is 2. The average Bonchev–Trinajstić information content (AvgIpc) is 2.56. The van der Waals surface area contributed by atoms with E-state index in [1.165, 1.54) is 30.0 Å². The van der Waals surface area contributed by atoms with Crippen LogP contribution in [0.4, 0.5) is 17.1 Å². The fourth-order valence-electron chi connectivity index (χ4n) is 1.83. The van der Waals surface area contributed by atoms with Crippen LogP contribution in [0.5, 0.6) is 0 Å². The van der Waals surface area contributed by atoms with E-state index in [0.717, 1.165) is 5.69 Å². The SMILES string of the molecule is CSC(=Nc1cc(S(=O)(=O)O)ccc1Nc1ccccc1)NC#N. The molecule has 0 radical (unpaired) electrons. The molecule has 2 aromatic carbocycles. The van der Waals surface area contributed by atoms with E-state index in [2.05, 4.69) is 15.6 Å². The van der Waals surface area contributed by atoms with E-state index in [-0.39, 0.29) is 10.6 Å². The van der Waals surface area contributed by atoms with Gasteiger partial charge in [-0.2, -0.15) is 13.7 Å². The first kappa shape index (κ1) is 17.8. The maximum atomic E-state index is 11.3. The number of nitrogens with one attached hydrogen (secondary N) is 2. The third-order valence-corrected chi connectivity index (χ3v) is 4.33. The number of benzene rings is 2. The zero-order chi connectivity index (χ0) is 17.6. The van der Waals surface area contributed by atoms with Gasteiger partial charge >= 0.3 is 0 Å². The molecule has 0 aromatic heterocycles. The van der Waals surface area contributed by atoms with Crippen LogP contribution in [0.25, 0.3) is 0 Å². The Balaban J connectivity index is 2.51. The molecule has 0 unspecified atom stereocenters. The lowest BCUT2D eigenvalue weighted by Gasteiger charge is -2.11. The molecule has 9 heteroatoms. The number of amidine groups is 1. The van der Waals surface area contributed by atoms with Crippen LogP contribution in [-0.2, 0) is 10.1 Å². The summed E-state index contributed by atoms with van der Waals surface area (Å²) in [5.41, 5.74) is 1.58. The lowest BCUT2D eigenvalue weighted by atomic mass is 10.2. The maximum Gasteiger partial charge on any atom is 0.294 e. The second-order valence-corrected chi connectivity index (χ2v) is 6.72. The molecule has 0 spiro atoms. The van der Waals surface area contributed by atoms with E-state index in [0.29, 0.717) is 10.9 Å². The summed E-state index contributed by atoms with van der Waals surface area (Å²) in [6.45, 7) is 0. The Morgan fingerprint density at radius 2 is 1.96 bits per heavy atom. The van der Waals surface area contributed by atoms with Crippen molar-refractivity contribution in [2.75, 3.05) is 11.6 Å². The predicted octanol–water partition coefficient (Wildman–Crippen LogP) is 3.10. The highest BCUT2D eigenvalue weighted by Gasteiger charge is 2.13. The van der Waals surface area contributed by atoms with Crippen LogP contribution in [0.1, 0.15) is 0 Å². The van der Waals surface area contributed by atoms with Gasteiger partial charge in [-0.3, -0.25) is 9.87 Å². The van der Waals surface area contributed by atoms with Crippen molar-refractivity contribution in [2.45, 2.75) is 4.90 Å². The maximum absolute atomic E-state index is 11.3. The molecule has 0 aliphatic heterocycles. The fraction of sp³-hybridized carbons (Fsp3) is 0.0667. The molecule has 124 valence electrons. The number of hydrogen-bond acceptors (Lipinski definition) is 6. The van der Waals surface area contributed by atoms with Gasteiger partial charge in [-0.15, -0.1) is 0 Å².